The van der Waals surface area contributed by atoms with Crippen LogP contribution in [0.5, 0.6) is 0 Å². The van der Waals surface area contributed by atoms with Crippen molar-refractivity contribution in [2.24, 2.45) is 0 Å². The molecule has 6 N–H and O–H groups in total. The Balaban J connectivity index is 0.000000132. The molecule has 4 unspecified atom stereocenters. The summed E-state index contributed by atoms with van der Waals surface area (Å²) in [6.45, 7) is 21.8. The largest absolute Gasteiger partial charge is 0.444 e. The van der Waals surface area contributed by atoms with Gasteiger partial charge in [0.15, 0.2) is 6.04 Å². The summed E-state index contributed by atoms with van der Waals surface area (Å²) in [5.74, 6) is -0.869. The normalized spacial score (nSPS) is 16.8. The number of hydrogen-bond donors (Lipinski definition) is 6. The van der Waals surface area contributed by atoms with E-state index < -0.39 is 47.6 Å². The van der Waals surface area contributed by atoms with Crippen molar-refractivity contribution in [3.05, 3.63) is 139 Å². The Morgan fingerprint density at radius 2 is 0.812 bits per heavy atom. The summed E-state index contributed by atoms with van der Waals surface area (Å²) >= 11 is 11.1. The standard InChI is InChI=1S/C22H22F3N3O3S2.C22H25N3O3S2.C17H14F3N3OS2.C17H17N3OS2/c1-11(29)26-18-15(19-27-13-7-5-6-8-14(13)32-19)12-9-10-28(20(30)31-21(2,3)4)17(16(12)33-18)22(23,24)25;1-12-10-14-17(11-25(12)21(27)28-22(3,4)5)30-19(23-13(2)26)18(14)20-24-15-8-6-7-9-16(15)29-20;1-8(24)22-15-12(16-23-10-4-2-3-5-11(10)25-16)9-6-7-21-14(13(9)26-15)17(18,19)20;1-9-7-11-14(8-18-9)23-16(19-10(2)21)15(11)17-20-12-5-3-4-6-13(12)22-17/h5-8,17H,9-10H2,1-4H3,(H,26,29);6-9,12H,10-11H2,1-5H3,(H,23,26);2-5,14,21H,6-7H2,1H3,(H,22,24);3-6,9,18H,7-8H2,1-2H3,(H,19,21). The minimum atomic E-state index is -4.73. The first-order valence-corrected chi connectivity index (χ1v) is 42.2. The molecule has 0 bridgehead atoms. The molecule has 12 heterocycles. The van der Waals surface area contributed by atoms with Gasteiger partial charge in [-0.15, -0.1) is 90.7 Å². The number of fused-ring (bicyclic) bond motifs is 8. The van der Waals surface area contributed by atoms with E-state index in [1.165, 1.54) is 69.9 Å². The van der Waals surface area contributed by atoms with Gasteiger partial charge < -0.3 is 46.3 Å². The van der Waals surface area contributed by atoms with Crippen molar-refractivity contribution in [2.75, 3.05) is 34.4 Å². The Hall–Kier alpha value is -8.84. The van der Waals surface area contributed by atoms with Gasteiger partial charge in [0.05, 0.1) is 47.4 Å². The third-order valence-electron chi connectivity index (χ3n) is 18.0. The summed E-state index contributed by atoms with van der Waals surface area (Å²) in [7, 11) is 0. The third kappa shape index (κ3) is 18.0. The lowest BCUT2D eigenvalue weighted by Gasteiger charge is -2.37. The highest BCUT2D eigenvalue weighted by Gasteiger charge is 2.53. The number of ether oxygens (including phenoxy) is 2. The molecule has 12 aromatic rings. The van der Waals surface area contributed by atoms with Gasteiger partial charge in [-0.1, -0.05) is 48.5 Å². The van der Waals surface area contributed by atoms with Crippen molar-refractivity contribution in [3.63, 3.8) is 0 Å². The van der Waals surface area contributed by atoms with Gasteiger partial charge in [0.1, 0.15) is 57.3 Å². The molecule has 588 valence electrons. The summed E-state index contributed by atoms with van der Waals surface area (Å²) in [5, 5.41) is 22.9. The van der Waals surface area contributed by atoms with Crippen LogP contribution in [0.3, 0.4) is 0 Å². The number of benzene rings is 4. The van der Waals surface area contributed by atoms with Crippen LogP contribution in [0.15, 0.2) is 97.1 Å². The first-order valence-electron chi connectivity index (χ1n) is 35.7. The van der Waals surface area contributed by atoms with Gasteiger partial charge >= 0.3 is 24.5 Å². The van der Waals surface area contributed by atoms with Crippen LogP contribution in [0.25, 0.3) is 83.2 Å². The highest BCUT2D eigenvalue weighted by Crippen LogP contribution is 2.55. The van der Waals surface area contributed by atoms with Crippen LogP contribution in [-0.4, -0.2) is 114 Å². The van der Waals surface area contributed by atoms with Crippen LogP contribution in [-0.2, 0) is 67.4 Å². The average molecular weight is 1680 g/mol. The fourth-order valence-corrected chi connectivity index (χ4v) is 23.2. The second-order valence-corrected chi connectivity index (χ2v) is 37.5. The number of thiazole rings is 4. The van der Waals surface area contributed by atoms with Gasteiger partial charge in [0.2, 0.25) is 23.6 Å². The molecule has 4 aromatic carbocycles. The quantitative estimate of drug-likeness (QED) is 0.0775. The number of aromatic nitrogens is 4. The summed E-state index contributed by atoms with van der Waals surface area (Å²) in [5.41, 5.74) is 8.80. The zero-order valence-corrected chi connectivity index (χ0v) is 69.2. The van der Waals surface area contributed by atoms with Gasteiger partial charge in [0.25, 0.3) is 0 Å². The van der Waals surface area contributed by atoms with Crippen molar-refractivity contribution in [2.45, 2.75) is 170 Å². The maximum atomic E-state index is 14.3. The molecule has 0 radical (unpaired) electrons. The maximum absolute atomic E-state index is 14.3. The lowest BCUT2D eigenvalue weighted by molar-refractivity contribution is -0.184. The number of anilines is 4. The molecular formula is C78H78F6N12O8S8. The Kier molecular flexibility index (Phi) is 23.6. The number of amides is 6. The number of halogens is 6. The van der Waals surface area contributed by atoms with Gasteiger partial charge in [0, 0.05) is 101 Å². The van der Waals surface area contributed by atoms with Crippen LogP contribution in [0.4, 0.5) is 55.9 Å². The smallest absolute Gasteiger partial charge is 0.413 e. The molecule has 0 spiro atoms. The predicted octanol–water partition coefficient (Wildman–Crippen LogP) is 20.8. The SMILES string of the molecule is CC(=O)Nc1sc2c(c1-c1nc3ccccc3s1)CC(C)N(C(=O)OC(C)(C)C)C2.CC(=O)Nc1sc2c(c1-c1nc3ccccc3s1)CC(C)NC2.CC(=O)Nc1sc2c(c1-c1nc3ccccc3s1)CCN(C(=O)OC(C)(C)C)C2C(F)(F)F.CC(=O)Nc1sc2c(c1-c1nc3ccccc3s1)CCNC2C(F)(F)F. The van der Waals surface area contributed by atoms with Crippen molar-refractivity contribution >= 4 is 187 Å². The molecule has 34 heteroatoms. The average Bonchev–Trinajstić information content (AvgIpc) is 1.28. The molecule has 4 atom stereocenters. The molecule has 8 aromatic heterocycles. The van der Waals surface area contributed by atoms with E-state index >= 15 is 0 Å². The molecule has 0 saturated carbocycles. The summed E-state index contributed by atoms with van der Waals surface area (Å²) in [4.78, 5) is 96.2. The van der Waals surface area contributed by atoms with E-state index in [4.69, 9.17) is 19.4 Å². The molecule has 20 nitrogen and oxygen atoms in total. The van der Waals surface area contributed by atoms with E-state index in [0.717, 1.165) is 118 Å². The minimum absolute atomic E-state index is 0.0137. The molecule has 6 amide bonds. The lowest BCUT2D eigenvalue weighted by Crippen LogP contribution is -2.47. The topological polar surface area (TPSA) is 251 Å². The Morgan fingerprint density at radius 1 is 0.446 bits per heavy atom. The van der Waals surface area contributed by atoms with Gasteiger partial charge in [-0.2, -0.15) is 26.3 Å². The zero-order chi connectivity index (χ0) is 80.2. The molecule has 112 heavy (non-hydrogen) atoms. The predicted molar refractivity (Wildman–Crippen MR) is 440 cm³/mol. The van der Waals surface area contributed by atoms with Crippen LogP contribution >= 0.6 is 90.7 Å². The minimum Gasteiger partial charge on any atom is -0.444 e. The van der Waals surface area contributed by atoms with Crippen molar-refractivity contribution in [3.8, 4) is 42.3 Å². The number of rotatable bonds is 8. The van der Waals surface area contributed by atoms with E-state index in [2.05, 4.69) is 60.9 Å². The summed E-state index contributed by atoms with van der Waals surface area (Å²) in [6, 6.07) is 27.7. The van der Waals surface area contributed by atoms with Gasteiger partial charge in [-0.05, 0) is 152 Å². The number of hydrogen-bond acceptors (Lipinski definition) is 22. The maximum Gasteiger partial charge on any atom is 0.413 e. The van der Waals surface area contributed by atoms with E-state index in [9.17, 15) is 55.1 Å². The molecule has 0 fully saturated rings. The molecular weight excluding hydrogens is 1600 g/mol. The monoisotopic (exact) mass is 1680 g/mol. The number of carbonyl (C=O) groups is 6. The van der Waals surface area contributed by atoms with E-state index in [-0.39, 0.29) is 59.1 Å². The fraction of sp³-hybridized carbons (Fsp3) is 0.359. The number of nitrogens with zero attached hydrogens (tertiary/aromatic N) is 6. The first-order chi connectivity index (χ1) is 52.9. The molecule has 16 rings (SSSR count). The number of nitrogens with one attached hydrogen (secondary N) is 6. The lowest BCUT2D eigenvalue weighted by atomic mass is 9.97. The van der Waals surface area contributed by atoms with Crippen molar-refractivity contribution in [1.82, 2.24) is 40.4 Å². The Morgan fingerprint density at radius 3 is 1.21 bits per heavy atom. The number of carbonyl (C=O) groups excluding carboxylic acids is 6. The van der Waals surface area contributed by atoms with Crippen LogP contribution in [0.2, 0.25) is 0 Å². The second-order valence-electron chi connectivity index (χ2n) is 29.1. The van der Waals surface area contributed by atoms with Crippen molar-refractivity contribution < 1.29 is 64.6 Å². The summed E-state index contributed by atoms with van der Waals surface area (Å²) < 4.78 is 98.2. The Labute approximate surface area is 672 Å². The van der Waals surface area contributed by atoms with E-state index in [0.29, 0.717) is 67.7 Å². The van der Waals surface area contributed by atoms with Crippen LogP contribution in [0, 0.1) is 0 Å². The van der Waals surface area contributed by atoms with Gasteiger partial charge in [-0.3, -0.25) is 24.1 Å². The highest BCUT2D eigenvalue weighted by atomic mass is 32.1. The first kappa shape index (κ1) is 81.2. The van der Waals surface area contributed by atoms with Crippen LogP contribution in [0.1, 0.15) is 137 Å². The highest BCUT2D eigenvalue weighted by molar-refractivity contribution is 7.25. The molecule has 0 saturated heterocycles. The van der Waals surface area contributed by atoms with Crippen LogP contribution < -0.4 is 31.9 Å². The number of para-hydroxylation sites is 4. The zero-order valence-electron chi connectivity index (χ0n) is 62.7. The molecule has 4 aliphatic rings. The van der Waals surface area contributed by atoms with Crippen molar-refractivity contribution in [1.29, 1.82) is 0 Å². The Bertz CT molecular complexity index is 5470. The van der Waals surface area contributed by atoms with Gasteiger partial charge in [-0.25, -0.2) is 29.5 Å². The second kappa shape index (κ2) is 32.6. The fourth-order valence-electron chi connectivity index (χ4n) is 13.4. The molecule has 4 aliphatic heterocycles. The van der Waals surface area contributed by atoms with E-state index in [1.807, 2.05) is 113 Å². The molecule has 0 aliphatic carbocycles. The number of thiophene rings is 4. The van der Waals surface area contributed by atoms with E-state index in [1.54, 1.807) is 66.6 Å². The third-order valence-corrected chi connectivity index (χ3v) is 26.9. The summed E-state index contributed by atoms with van der Waals surface area (Å²) in [6.07, 6.45) is -8.14. The number of alkyl halides is 6.